The summed E-state index contributed by atoms with van der Waals surface area (Å²) in [7, 11) is 0. The van der Waals surface area contributed by atoms with Crippen molar-refractivity contribution < 1.29 is 14.3 Å². The van der Waals surface area contributed by atoms with Gasteiger partial charge in [-0.05, 0) is 37.3 Å². The third-order valence-corrected chi connectivity index (χ3v) is 4.26. The molecule has 1 aliphatic heterocycles. The van der Waals surface area contributed by atoms with Crippen LogP contribution in [0.5, 0.6) is 5.75 Å². The highest BCUT2D eigenvalue weighted by molar-refractivity contribution is 6.35. The van der Waals surface area contributed by atoms with Crippen LogP contribution in [-0.4, -0.2) is 24.5 Å². The van der Waals surface area contributed by atoms with E-state index in [1.54, 1.807) is 43.3 Å². The van der Waals surface area contributed by atoms with Crippen molar-refractivity contribution in [2.75, 3.05) is 16.8 Å². The van der Waals surface area contributed by atoms with E-state index in [0.29, 0.717) is 27.2 Å². The van der Waals surface area contributed by atoms with Crippen molar-refractivity contribution in [2.24, 2.45) is 0 Å². The minimum atomic E-state index is -0.738. The standard InChI is InChI=1S/C17H14Cl2N2O3/c1-10(17(23)20-13-8-11(18)6-7-12(13)19)21-14-4-2-3-5-15(14)24-9-16(21)22/h2-8,10H,9H2,1H3,(H,20,23)/t10-/m0/s1. The molecule has 0 saturated carbocycles. The predicted molar refractivity (Wildman–Crippen MR) is 94.0 cm³/mol. The summed E-state index contributed by atoms with van der Waals surface area (Å²) in [6.07, 6.45) is 0. The Hall–Kier alpha value is -2.24. The van der Waals surface area contributed by atoms with Crippen LogP contribution in [0.2, 0.25) is 10.0 Å². The molecule has 7 heteroatoms. The van der Waals surface area contributed by atoms with E-state index >= 15 is 0 Å². The number of carbonyl (C=O) groups is 2. The van der Waals surface area contributed by atoms with Crippen LogP contribution in [-0.2, 0) is 9.59 Å². The van der Waals surface area contributed by atoms with Crippen molar-refractivity contribution in [3.63, 3.8) is 0 Å². The topological polar surface area (TPSA) is 58.6 Å². The lowest BCUT2D eigenvalue weighted by Crippen LogP contribution is -2.49. The first-order valence-corrected chi connectivity index (χ1v) is 8.03. The lowest BCUT2D eigenvalue weighted by molar-refractivity contribution is -0.125. The zero-order valence-electron chi connectivity index (χ0n) is 12.8. The van der Waals surface area contributed by atoms with Crippen LogP contribution in [0.1, 0.15) is 6.92 Å². The molecule has 0 unspecified atom stereocenters. The maximum absolute atomic E-state index is 12.6. The van der Waals surface area contributed by atoms with Crippen LogP contribution < -0.4 is 15.0 Å². The lowest BCUT2D eigenvalue weighted by atomic mass is 10.1. The van der Waals surface area contributed by atoms with E-state index in [0.717, 1.165) is 0 Å². The number of hydrogen-bond donors (Lipinski definition) is 1. The van der Waals surface area contributed by atoms with Crippen LogP contribution in [0, 0.1) is 0 Å². The van der Waals surface area contributed by atoms with Gasteiger partial charge in [-0.3, -0.25) is 14.5 Å². The Morgan fingerprint density at radius 2 is 2.00 bits per heavy atom. The summed E-state index contributed by atoms with van der Waals surface area (Å²) < 4.78 is 5.39. The molecule has 1 aliphatic rings. The van der Waals surface area contributed by atoms with Crippen LogP contribution in [0.25, 0.3) is 0 Å². The third kappa shape index (κ3) is 3.18. The summed E-state index contributed by atoms with van der Waals surface area (Å²) in [5.41, 5.74) is 0.962. The van der Waals surface area contributed by atoms with Crippen LogP contribution in [0.15, 0.2) is 42.5 Å². The number of nitrogens with one attached hydrogen (secondary N) is 1. The summed E-state index contributed by atoms with van der Waals surface area (Å²) in [6.45, 7) is 1.54. The highest BCUT2D eigenvalue weighted by Gasteiger charge is 2.33. The van der Waals surface area contributed by atoms with Crippen molar-refractivity contribution in [3.05, 3.63) is 52.5 Å². The molecule has 0 bridgehead atoms. The molecule has 0 aromatic heterocycles. The first-order chi connectivity index (χ1) is 11.5. The van der Waals surface area contributed by atoms with Crippen molar-refractivity contribution in [1.82, 2.24) is 0 Å². The number of anilines is 2. The van der Waals surface area contributed by atoms with Crippen molar-refractivity contribution >= 4 is 46.4 Å². The smallest absolute Gasteiger partial charge is 0.265 e. The summed E-state index contributed by atoms with van der Waals surface area (Å²) in [4.78, 5) is 26.3. The van der Waals surface area contributed by atoms with Gasteiger partial charge in [0.05, 0.1) is 16.4 Å². The number of ether oxygens (including phenoxy) is 1. The molecular weight excluding hydrogens is 351 g/mol. The number of hydrogen-bond acceptors (Lipinski definition) is 3. The number of para-hydroxylation sites is 2. The molecule has 2 aromatic carbocycles. The fraction of sp³-hybridized carbons (Fsp3) is 0.176. The van der Waals surface area contributed by atoms with Crippen molar-refractivity contribution in [1.29, 1.82) is 0 Å². The summed E-state index contributed by atoms with van der Waals surface area (Å²) in [5.74, 6) is -0.0877. The van der Waals surface area contributed by atoms with Gasteiger partial charge in [-0.1, -0.05) is 35.3 Å². The van der Waals surface area contributed by atoms with Crippen LogP contribution in [0.4, 0.5) is 11.4 Å². The zero-order chi connectivity index (χ0) is 17.3. The minimum Gasteiger partial charge on any atom is -0.482 e. The molecule has 3 rings (SSSR count). The van der Waals surface area contributed by atoms with Crippen molar-refractivity contribution in [2.45, 2.75) is 13.0 Å². The molecule has 124 valence electrons. The molecule has 1 heterocycles. The second kappa shape index (κ2) is 6.71. The molecule has 1 atom stereocenters. The first kappa shape index (κ1) is 16.6. The molecule has 24 heavy (non-hydrogen) atoms. The molecule has 5 nitrogen and oxygen atoms in total. The maximum Gasteiger partial charge on any atom is 0.265 e. The number of halogens is 2. The fourth-order valence-corrected chi connectivity index (χ4v) is 2.83. The number of benzene rings is 2. The van der Waals surface area contributed by atoms with E-state index in [1.807, 2.05) is 6.07 Å². The maximum atomic E-state index is 12.6. The van der Waals surface area contributed by atoms with Crippen molar-refractivity contribution in [3.8, 4) is 5.75 Å². The molecule has 0 radical (unpaired) electrons. The molecule has 0 aliphatic carbocycles. The molecule has 2 aromatic rings. The first-order valence-electron chi connectivity index (χ1n) is 7.27. The SMILES string of the molecule is C[C@@H](C(=O)Nc1cc(Cl)ccc1Cl)N1C(=O)COc2ccccc21. The van der Waals surface area contributed by atoms with Gasteiger partial charge in [0.25, 0.3) is 5.91 Å². The van der Waals surface area contributed by atoms with E-state index in [2.05, 4.69) is 5.32 Å². The van der Waals surface area contributed by atoms with Gasteiger partial charge in [0, 0.05) is 5.02 Å². The lowest BCUT2D eigenvalue weighted by Gasteiger charge is -2.33. The Balaban J connectivity index is 1.86. The fourth-order valence-electron chi connectivity index (χ4n) is 2.49. The van der Waals surface area contributed by atoms with Gasteiger partial charge in [0.15, 0.2) is 6.61 Å². The quantitative estimate of drug-likeness (QED) is 0.902. The Morgan fingerprint density at radius 1 is 1.25 bits per heavy atom. The molecular formula is C17H14Cl2N2O3. The number of nitrogens with zero attached hydrogens (tertiary/aromatic N) is 1. The number of carbonyl (C=O) groups excluding carboxylic acids is 2. The number of fused-ring (bicyclic) bond motifs is 1. The highest BCUT2D eigenvalue weighted by Crippen LogP contribution is 2.33. The second-order valence-electron chi connectivity index (χ2n) is 5.31. The van der Waals surface area contributed by atoms with E-state index in [4.69, 9.17) is 27.9 Å². The minimum absolute atomic E-state index is 0.105. The van der Waals surface area contributed by atoms with E-state index in [-0.39, 0.29) is 18.4 Å². The Labute approximate surface area is 149 Å². The number of rotatable bonds is 3. The highest BCUT2D eigenvalue weighted by atomic mass is 35.5. The third-order valence-electron chi connectivity index (χ3n) is 3.70. The summed E-state index contributed by atoms with van der Waals surface area (Å²) >= 11 is 12.0. The van der Waals surface area contributed by atoms with E-state index < -0.39 is 6.04 Å². The van der Waals surface area contributed by atoms with Gasteiger partial charge in [0.2, 0.25) is 5.91 Å². The monoisotopic (exact) mass is 364 g/mol. The van der Waals surface area contributed by atoms with Gasteiger partial charge in [-0.25, -0.2) is 0 Å². The molecule has 0 fully saturated rings. The van der Waals surface area contributed by atoms with Gasteiger partial charge < -0.3 is 10.1 Å². The Morgan fingerprint density at radius 3 is 2.79 bits per heavy atom. The van der Waals surface area contributed by atoms with Gasteiger partial charge >= 0.3 is 0 Å². The average Bonchev–Trinajstić information content (AvgIpc) is 2.57. The predicted octanol–water partition coefficient (Wildman–Crippen LogP) is 3.75. The Kier molecular flexibility index (Phi) is 4.64. The van der Waals surface area contributed by atoms with Crippen LogP contribution >= 0.6 is 23.2 Å². The van der Waals surface area contributed by atoms with Crippen LogP contribution in [0.3, 0.4) is 0 Å². The molecule has 2 amide bonds. The average molecular weight is 365 g/mol. The zero-order valence-corrected chi connectivity index (χ0v) is 14.3. The largest absolute Gasteiger partial charge is 0.482 e. The molecule has 0 saturated heterocycles. The van der Waals surface area contributed by atoms with Gasteiger partial charge in [-0.2, -0.15) is 0 Å². The summed E-state index contributed by atoms with van der Waals surface area (Å²) in [5, 5.41) is 3.53. The molecule has 1 N–H and O–H groups in total. The van der Waals surface area contributed by atoms with E-state index in [1.165, 1.54) is 4.90 Å². The number of amides is 2. The molecule has 0 spiro atoms. The Bertz CT molecular complexity index is 810. The van der Waals surface area contributed by atoms with Gasteiger partial charge in [-0.15, -0.1) is 0 Å². The van der Waals surface area contributed by atoms with Gasteiger partial charge in [0.1, 0.15) is 11.8 Å². The van der Waals surface area contributed by atoms with E-state index in [9.17, 15) is 9.59 Å². The normalized spacial score (nSPS) is 14.6. The second-order valence-corrected chi connectivity index (χ2v) is 6.15. The summed E-state index contributed by atoms with van der Waals surface area (Å²) in [6, 6.07) is 11.1.